The van der Waals surface area contributed by atoms with Gasteiger partial charge in [-0.3, -0.25) is 0 Å². The smallest absolute Gasteiger partial charge is 0.116 e. The first-order valence-corrected chi connectivity index (χ1v) is 5.47. The molecule has 0 radical (unpaired) electrons. The van der Waals surface area contributed by atoms with E-state index in [-0.39, 0.29) is 5.41 Å². The third-order valence-corrected chi connectivity index (χ3v) is 2.85. The first kappa shape index (κ1) is 14.9. The highest BCUT2D eigenvalue weighted by molar-refractivity contribution is 5.48. The van der Waals surface area contributed by atoms with Crippen molar-refractivity contribution in [2.75, 3.05) is 0 Å². The zero-order valence-corrected chi connectivity index (χ0v) is 11.4. The second kappa shape index (κ2) is 5.29. The summed E-state index contributed by atoms with van der Waals surface area (Å²) in [4.78, 5) is 0. The molecule has 0 aliphatic heterocycles. The Hall–Kier alpha value is -1.11. The van der Waals surface area contributed by atoms with Crippen molar-refractivity contribution in [3.05, 3.63) is 47.4 Å². The fourth-order valence-corrected chi connectivity index (χ4v) is 1.47. The molecule has 0 aromatic heterocycles. The highest BCUT2D eigenvalue weighted by atomic mass is 19.1. The van der Waals surface area contributed by atoms with E-state index in [4.69, 9.17) is 0 Å². The lowest BCUT2D eigenvalue weighted by atomic mass is 9.82. The summed E-state index contributed by atoms with van der Waals surface area (Å²) in [5.41, 5.74) is 4.11. The molecule has 0 spiro atoms. The summed E-state index contributed by atoms with van der Waals surface area (Å²) in [6.45, 7) is 19.6. The Bertz CT molecular complexity index is 359. The van der Waals surface area contributed by atoms with Crippen molar-refractivity contribution in [1.82, 2.24) is 0 Å². The van der Waals surface area contributed by atoms with Crippen molar-refractivity contribution >= 4 is 0 Å². The van der Waals surface area contributed by atoms with Crippen LogP contribution in [0.1, 0.15) is 41.5 Å². The molecular formula is C15H23F. The Morgan fingerprint density at radius 2 is 1.50 bits per heavy atom. The van der Waals surface area contributed by atoms with Crippen LogP contribution >= 0.6 is 0 Å². The van der Waals surface area contributed by atoms with Gasteiger partial charge in [0.2, 0.25) is 0 Å². The predicted molar refractivity (Wildman–Crippen MR) is 71.0 cm³/mol. The predicted octanol–water partition coefficient (Wildman–Crippen LogP) is 5.35. The maximum absolute atomic E-state index is 12.9. The van der Waals surface area contributed by atoms with Crippen LogP contribution in [0.5, 0.6) is 0 Å². The van der Waals surface area contributed by atoms with Crippen LogP contribution in [0.3, 0.4) is 0 Å². The van der Waals surface area contributed by atoms with Crippen LogP contribution in [0.25, 0.3) is 0 Å². The van der Waals surface area contributed by atoms with Crippen LogP contribution in [-0.2, 0) is 0 Å². The van der Waals surface area contributed by atoms with E-state index in [1.54, 1.807) is 0 Å². The molecule has 0 aromatic rings. The zero-order valence-electron chi connectivity index (χ0n) is 11.4. The Morgan fingerprint density at radius 3 is 1.75 bits per heavy atom. The maximum Gasteiger partial charge on any atom is 0.116 e. The largest absolute Gasteiger partial charge is 0.208 e. The molecule has 0 heterocycles. The van der Waals surface area contributed by atoms with Crippen LogP contribution in [0.2, 0.25) is 0 Å². The van der Waals surface area contributed by atoms with Crippen molar-refractivity contribution in [3.63, 3.8) is 0 Å². The quantitative estimate of drug-likeness (QED) is 0.564. The molecule has 0 atom stereocenters. The van der Waals surface area contributed by atoms with Crippen molar-refractivity contribution < 1.29 is 4.39 Å². The normalized spacial score (nSPS) is 14.6. The molecule has 0 saturated carbocycles. The highest BCUT2D eigenvalue weighted by Crippen LogP contribution is 2.32. The molecule has 0 rings (SSSR count). The van der Waals surface area contributed by atoms with Gasteiger partial charge in [0, 0.05) is 0 Å². The monoisotopic (exact) mass is 222 g/mol. The van der Waals surface area contributed by atoms with Crippen LogP contribution in [0.15, 0.2) is 47.4 Å². The molecule has 0 fully saturated rings. The average Bonchev–Trinajstić information content (AvgIpc) is 2.09. The minimum absolute atomic E-state index is 0.0796. The van der Waals surface area contributed by atoms with Gasteiger partial charge in [0.05, 0.1) is 0 Å². The SMILES string of the molecule is C=C(F)/C=C(C(=C)C)/C(C)=C(\C)C(C)(C)C. The molecule has 90 valence electrons. The first-order valence-electron chi connectivity index (χ1n) is 5.47. The van der Waals surface area contributed by atoms with Gasteiger partial charge >= 0.3 is 0 Å². The molecule has 1 heteroatoms. The number of hydrogen-bond acceptors (Lipinski definition) is 0. The minimum Gasteiger partial charge on any atom is -0.208 e. The molecule has 0 aliphatic carbocycles. The molecule has 0 saturated heterocycles. The van der Waals surface area contributed by atoms with E-state index in [1.165, 1.54) is 11.6 Å². The van der Waals surface area contributed by atoms with Gasteiger partial charge in [-0.15, -0.1) is 0 Å². The van der Waals surface area contributed by atoms with Crippen molar-refractivity contribution in [2.24, 2.45) is 5.41 Å². The van der Waals surface area contributed by atoms with E-state index in [2.05, 4.69) is 40.9 Å². The van der Waals surface area contributed by atoms with Crippen LogP contribution in [-0.4, -0.2) is 0 Å². The van der Waals surface area contributed by atoms with E-state index in [9.17, 15) is 4.39 Å². The molecule has 16 heavy (non-hydrogen) atoms. The summed E-state index contributed by atoms with van der Waals surface area (Å²) in [5, 5.41) is 0. The van der Waals surface area contributed by atoms with Crippen molar-refractivity contribution in [1.29, 1.82) is 0 Å². The molecule has 0 aliphatic rings. The third kappa shape index (κ3) is 4.18. The zero-order chi connectivity index (χ0) is 13.1. The lowest BCUT2D eigenvalue weighted by Gasteiger charge is -2.24. The highest BCUT2D eigenvalue weighted by Gasteiger charge is 2.17. The Balaban J connectivity index is 5.60. The maximum atomic E-state index is 12.9. The van der Waals surface area contributed by atoms with Crippen LogP contribution in [0.4, 0.5) is 4.39 Å². The van der Waals surface area contributed by atoms with Gasteiger partial charge in [-0.05, 0) is 43.4 Å². The minimum atomic E-state index is -0.431. The second-order valence-corrected chi connectivity index (χ2v) is 5.29. The summed E-state index contributed by atoms with van der Waals surface area (Å²) in [6.07, 6.45) is 1.45. The molecule has 0 bridgehead atoms. The standard InChI is InChI=1S/C15H23F/c1-10(2)14(9-11(3)16)12(4)13(5)15(6,7)8/h9H,1,3H2,2,4-8H3/b13-12+,14-9+. The summed E-state index contributed by atoms with van der Waals surface area (Å²) in [5.74, 6) is -0.431. The van der Waals surface area contributed by atoms with E-state index < -0.39 is 5.83 Å². The number of allylic oxidation sites excluding steroid dienone is 6. The average molecular weight is 222 g/mol. The lowest BCUT2D eigenvalue weighted by molar-refractivity contribution is 0.499. The molecular weight excluding hydrogens is 199 g/mol. The van der Waals surface area contributed by atoms with Gasteiger partial charge in [-0.25, -0.2) is 4.39 Å². The fourth-order valence-electron chi connectivity index (χ4n) is 1.47. The molecule has 0 nitrogen and oxygen atoms in total. The Morgan fingerprint density at radius 1 is 1.06 bits per heavy atom. The number of rotatable bonds is 3. The van der Waals surface area contributed by atoms with E-state index in [1.807, 2.05) is 13.8 Å². The van der Waals surface area contributed by atoms with Gasteiger partial charge in [-0.1, -0.05) is 45.1 Å². The third-order valence-electron chi connectivity index (χ3n) is 2.85. The molecule has 0 amide bonds. The van der Waals surface area contributed by atoms with Crippen molar-refractivity contribution in [3.8, 4) is 0 Å². The topological polar surface area (TPSA) is 0 Å². The van der Waals surface area contributed by atoms with Gasteiger partial charge in [0.1, 0.15) is 5.83 Å². The summed E-state index contributed by atoms with van der Waals surface area (Å²) in [6, 6.07) is 0. The van der Waals surface area contributed by atoms with Crippen LogP contribution < -0.4 is 0 Å². The summed E-state index contributed by atoms with van der Waals surface area (Å²) >= 11 is 0. The van der Waals surface area contributed by atoms with E-state index in [0.717, 1.165) is 16.7 Å². The summed E-state index contributed by atoms with van der Waals surface area (Å²) < 4.78 is 12.9. The van der Waals surface area contributed by atoms with Crippen LogP contribution in [0, 0.1) is 5.41 Å². The summed E-state index contributed by atoms with van der Waals surface area (Å²) in [7, 11) is 0. The molecule has 0 unspecified atom stereocenters. The second-order valence-electron chi connectivity index (χ2n) is 5.29. The molecule has 0 aromatic carbocycles. The van der Waals surface area contributed by atoms with Gasteiger partial charge in [0.15, 0.2) is 0 Å². The first-order chi connectivity index (χ1) is 7.07. The lowest BCUT2D eigenvalue weighted by Crippen LogP contribution is -2.09. The number of halogens is 1. The van der Waals surface area contributed by atoms with Gasteiger partial charge in [0.25, 0.3) is 0 Å². The Labute approximate surface area is 99.3 Å². The van der Waals surface area contributed by atoms with E-state index in [0.29, 0.717) is 0 Å². The Kier molecular flexibility index (Phi) is 4.92. The van der Waals surface area contributed by atoms with Gasteiger partial charge in [-0.2, -0.15) is 0 Å². The fraction of sp³-hybridized carbons (Fsp3) is 0.467. The molecule has 0 N–H and O–H groups in total. The van der Waals surface area contributed by atoms with Gasteiger partial charge < -0.3 is 0 Å². The van der Waals surface area contributed by atoms with Crippen molar-refractivity contribution in [2.45, 2.75) is 41.5 Å². The number of hydrogen-bond donors (Lipinski definition) is 0. The van der Waals surface area contributed by atoms with E-state index >= 15 is 0 Å².